The van der Waals surface area contributed by atoms with Gasteiger partial charge in [-0.2, -0.15) is 0 Å². The van der Waals surface area contributed by atoms with E-state index in [1.54, 1.807) is 6.26 Å². The monoisotopic (exact) mass is 369 g/mol. The van der Waals surface area contributed by atoms with Crippen LogP contribution in [0.2, 0.25) is 0 Å². The van der Waals surface area contributed by atoms with Gasteiger partial charge in [0.05, 0.1) is 12.7 Å². The molecule has 4 heteroatoms. The first-order valence-electron chi connectivity index (χ1n) is 7.34. The van der Waals surface area contributed by atoms with Gasteiger partial charge in [0.25, 0.3) is 0 Å². The molecule has 0 aliphatic heterocycles. The van der Waals surface area contributed by atoms with Crippen LogP contribution >= 0.6 is 15.9 Å². The Hall–Kier alpha value is -2.33. The number of halogens is 1. The lowest BCUT2D eigenvalue weighted by molar-refractivity contribution is -0.121. The fourth-order valence-electron chi connectivity index (χ4n) is 2.42. The Balaban J connectivity index is 1.76. The van der Waals surface area contributed by atoms with E-state index in [4.69, 9.17) is 4.42 Å². The van der Waals surface area contributed by atoms with Crippen LogP contribution in [-0.2, 0) is 11.2 Å². The largest absolute Gasteiger partial charge is 0.467 e. The Kier molecular flexibility index (Phi) is 4.93. The van der Waals surface area contributed by atoms with Crippen molar-refractivity contribution in [3.63, 3.8) is 0 Å². The van der Waals surface area contributed by atoms with Crippen molar-refractivity contribution in [1.29, 1.82) is 0 Å². The molecule has 2 aromatic carbocycles. The molecule has 0 aliphatic carbocycles. The number of rotatable bonds is 5. The number of nitrogens with one attached hydrogen (secondary N) is 1. The summed E-state index contributed by atoms with van der Waals surface area (Å²) >= 11 is 3.40. The number of amides is 1. The first kappa shape index (κ1) is 15.6. The summed E-state index contributed by atoms with van der Waals surface area (Å²) in [5.41, 5.74) is 1.96. The highest BCUT2D eigenvalue weighted by Crippen LogP contribution is 2.22. The lowest BCUT2D eigenvalue weighted by atomic mass is 10.0. The normalized spacial score (nSPS) is 11.9. The molecule has 1 aromatic heterocycles. The van der Waals surface area contributed by atoms with Gasteiger partial charge in [-0.25, -0.2) is 0 Å². The number of benzene rings is 2. The summed E-state index contributed by atoms with van der Waals surface area (Å²) in [5, 5.41) is 3.05. The molecule has 1 atom stereocenters. The van der Waals surface area contributed by atoms with Gasteiger partial charge in [-0.15, -0.1) is 0 Å². The standard InChI is InChI=1S/C19H16BrNO2/c20-16-10-8-14(9-11-16)13-18(22)21-19(17-7-4-12-23-17)15-5-2-1-3-6-15/h1-12,19H,13H2,(H,21,22)/t19-/m1/s1. The van der Waals surface area contributed by atoms with E-state index in [2.05, 4.69) is 21.2 Å². The summed E-state index contributed by atoms with van der Waals surface area (Å²) in [4.78, 5) is 12.4. The molecule has 0 saturated heterocycles. The summed E-state index contributed by atoms with van der Waals surface area (Å²) in [6.07, 6.45) is 1.95. The first-order valence-corrected chi connectivity index (χ1v) is 8.14. The van der Waals surface area contributed by atoms with Crippen molar-refractivity contribution in [3.05, 3.63) is 94.4 Å². The summed E-state index contributed by atoms with van der Waals surface area (Å²) in [7, 11) is 0. The zero-order valence-corrected chi connectivity index (χ0v) is 14.0. The molecule has 116 valence electrons. The summed E-state index contributed by atoms with van der Waals surface area (Å²) in [6, 6.07) is 21.0. The minimum absolute atomic E-state index is 0.0439. The molecule has 0 aliphatic rings. The van der Waals surface area contributed by atoms with Gasteiger partial charge in [0.15, 0.2) is 0 Å². The summed E-state index contributed by atoms with van der Waals surface area (Å²) in [6.45, 7) is 0. The quantitative estimate of drug-likeness (QED) is 0.719. The molecule has 0 bridgehead atoms. The van der Waals surface area contributed by atoms with E-state index >= 15 is 0 Å². The Labute approximate surface area is 143 Å². The van der Waals surface area contributed by atoms with Crippen LogP contribution in [-0.4, -0.2) is 5.91 Å². The Morgan fingerprint density at radius 1 is 1.00 bits per heavy atom. The van der Waals surface area contributed by atoms with Crippen molar-refractivity contribution < 1.29 is 9.21 Å². The van der Waals surface area contributed by atoms with E-state index in [1.807, 2.05) is 66.7 Å². The summed E-state index contributed by atoms with van der Waals surface area (Å²) < 4.78 is 6.50. The zero-order chi connectivity index (χ0) is 16.1. The maximum Gasteiger partial charge on any atom is 0.225 e. The van der Waals surface area contributed by atoms with Crippen molar-refractivity contribution in [2.75, 3.05) is 0 Å². The Bertz CT molecular complexity index is 752. The van der Waals surface area contributed by atoms with Crippen molar-refractivity contribution in [3.8, 4) is 0 Å². The van der Waals surface area contributed by atoms with E-state index < -0.39 is 0 Å². The molecule has 1 amide bonds. The van der Waals surface area contributed by atoms with Gasteiger partial charge in [0.1, 0.15) is 11.8 Å². The number of furan rings is 1. The molecule has 0 saturated carbocycles. The van der Waals surface area contributed by atoms with Gasteiger partial charge in [-0.1, -0.05) is 58.4 Å². The van der Waals surface area contributed by atoms with Gasteiger partial charge in [0, 0.05) is 4.47 Å². The van der Waals surface area contributed by atoms with E-state index in [1.165, 1.54) is 0 Å². The average Bonchev–Trinajstić information content (AvgIpc) is 3.10. The van der Waals surface area contributed by atoms with Crippen molar-refractivity contribution in [2.45, 2.75) is 12.5 Å². The minimum atomic E-state index is -0.283. The third-order valence-electron chi connectivity index (χ3n) is 3.54. The topological polar surface area (TPSA) is 42.2 Å². The van der Waals surface area contributed by atoms with Gasteiger partial charge in [-0.3, -0.25) is 4.79 Å². The third-order valence-corrected chi connectivity index (χ3v) is 4.07. The van der Waals surface area contributed by atoms with E-state index in [-0.39, 0.29) is 11.9 Å². The van der Waals surface area contributed by atoms with Crippen LogP contribution in [0.25, 0.3) is 0 Å². The number of hydrogen-bond acceptors (Lipinski definition) is 2. The number of carbonyl (C=O) groups excluding carboxylic acids is 1. The second-order valence-electron chi connectivity index (χ2n) is 5.23. The van der Waals surface area contributed by atoms with Crippen LogP contribution < -0.4 is 5.32 Å². The van der Waals surface area contributed by atoms with Gasteiger partial charge < -0.3 is 9.73 Å². The van der Waals surface area contributed by atoms with Crippen molar-refractivity contribution in [2.24, 2.45) is 0 Å². The van der Waals surface area contributed by atoms with Gasteiger partial charge >= 0.3 is 0 Å². The lowest BCUT2D eigenvalue weighted by Gasteiger charge is -2.17. The maximum absolute atomic E-state index is 12.4. The van der Waals surface area contributed by atoms with Crippen molar-refractivity contribution in [1.82, 2.24) is 5.32 Å². The number of hydrogen-bond donors (Lipinski definition) is 1. The van der Waals surface area contributed by atoms with Gasteiger partial charge in [0.2, 0.25) is 5.91 Å². The van der Waals surface area contributed by atoms with Crippen LogP contribution in [0.5, 0.6) is 0 Å². The second-order valence-corrected chi connectivity index (χ2v) is 6.15. The predicted octanol–water partition coefficient (Wildman–Crippen LogP) is 4.49. The van der Waals surface area contributed by atoms with Crippen LogP contribution in [0, 0.1) is 0 Å². The molecule has 1 N–H and O–H groups in total. The minimum Gasteiger partial charge on any atom is -0.467 e. The van der Waals surface area contributed by atoms with Crippen LogP contribution in [0.3, 0.4) is 0 Å². The number of carbonyl (C=O) groups is 1. The molecule has 23 heavy (non-hydrogen) atoms. The van der Waals surface area contributed by atoms with E-state index in [0.29, 0.717) is 6.42 Å². The van der Waals surface area contributed by atoms with Crippen LogP contribution in [0.4, 0.5) is 0 Å². The highest BCUT2D eigenvalue weighted by atomic mass is 79.9. The smallest absolute Gasteiger partial charge is 0.225 e. The highest BCUT2D eigenvalue weighted by molar-refractivity contribution is 9.10. The van der Waals surface area contributed by atoms with Crippen molar-refractivity contribution >= 4 is 21.8 Å². The maximum atomic E-state index is 12.4. The molecule has 0 fully saturated rings. The molecular formula is C19H16BrNO2. The molecule has 1 heterocycles. The average molecular weight is 370 g/mol. The van der Waals surface area contributed by atoms with Gasteiger partial charge in [-0.05, 0) is 35.4 Å². The Morgan fingerprint density at radius 3 is 2.39 bits per heavy atom. The van der Waals surface area contributed by atoms with E-state index in [9.17, 15) is 4.79 Å². The molecule has 0 radical (unpaired) electrons. The van der Waals surface area contributed by atoms with Crippen LogP contribution in [0.15, 0.2) is 81.9 Å². The Morgan fingerprint density at radius 2 is 1.74 bits per heavy atom. The molecule has 0 spiro atoms. The SMILES string of the molecule is O=C(Cc1ccc(Br)cc1)N[C@H](c1ccccc1)c1ccco1. The molecule has 0 unspecified atom stereocenters. The highest BCUT2D eigenvalue weighted by Gasteiger charge is 2.19. The lowest BCUT2D eigenvalue weighted by Crippen LogP contribution is -2.30. The van der Waals surface area contributed by atoms with Crippen LogP contribution in [0.1, 0.15) is 22.9 Å². The molecular weight excluding hydrogens is 354 g/mol. The fourth-order valence-corrected chi connectivity index (χ4v) is 2.68. The van der Waals surface area contributed by atoms with E-state index in [0.717, 1.165) is 21.4 Å². The second kappa shape index (κ2) is 7.29. The first-order chi connectivity index (χ1) is 11.2. The fraction of sp³-hybridized carbons (Fsp3) is 0.105. The third kappa shape index (κ3) is 4.11. The predicted molar refractivity (Wildman–Crippen MR) is 93.0 cm³/mol. The zero-order valence-electron chi connectivity index (χ0n) is 12.4. The molecule has 3 aromatic rings. The molecule has 3 nitrogen and oxygen atoms in total. The molecule has 3 rings (SSSR count). The summed E-state index contributed by atoms with van der Waals surface area (Å²) in [5.74, 6) is 0.679.